The molecule has 4 nitrogen and oxygen atoms in total. The van der Waals surface area contributed by atoms with E-state index >= 15 is 0 Å². The zero-order valence-corrected chi connectivity index (χ0v) is 5.34. The number of urea groups is 1. The van der Waals surface area contributed by atoms with E-state index in [2.05, 4.69) is 5.32 Å². The van der Waals surface area contributed by atoms with Crippen molar-refractivity contribution in [1.82, 2.24) is 10.1 Å². The van der Waals surface area contributed by atoms with Crippen molar-refractivity contribution < 1.29 is 9.59 Å². The molecule has 1 aliphatic rings. The zero-order valence-electron chi connectivity index (χ0n) is 5.34. The Hall–Kier alpha value is -0.995. The molecule has 0 radical (unpaired) electrons. The lowest BCUT2D eigenvalue weighted by Crippen LogP contribution is -2.29. The number of carbonyl (C=O) groups excluding carboxylic acids is 2. The fourth-order valence-electron chi connectivity index (χ4n) is 0.650. The van der Waals surface area contributed by atoms with Crippen LogP contribution in [0.2, 0.25) is 0 Å². The fourth-order valence-corrected chi connectivity index (χ4v) is 0.650. The predicted molar refractivity (Wildman–Crippen MR) is 33.4 cm³/mol. The van der Waals surface area contributed by atoms with Gasteiger partial charge in [-0.05, 0) is 6.92 Å². The quantitative estimate of drug-likeness (QED) is 0.316. The van der Waals surface area contributed by atoms with Gasteiger partial charge >= 0.3 is 6.03 Å². The summed E-state index contributed by atoms with van der Waals surface area (Å²) >= 11 is 0. The molecule has 1 fully saturated rings. The maximum absolute atomic E-state index is 10.6. The van der Waals surface area contributed by atoms with Crippen LogP contribution in [0.25, 0.3) is 0 Å². The molecule has 1 atom stereocenters. The Morgan fingerprint density at radius 1 is 1.67 bits per heavy atom. The highest BCUT2D eigenvalue weighted by Crippen LogP contribution is 2.01. The average Bonchev–Trinajstić information content (AvgIpc) is 1.98. The molecule has 1 saturated heterocycles. The molecule has 0 spiro atoms. The van der Waals surface area contributed by atoms with E-state index in [0.29, 0.717) is 0 Å². The molecule has 1 N–H and O–H groups in total. The molecule has 3 amide bonds. The summed E-state index contributed by atoms with van der Waals surface area (Å²) in [6, 6.07) is -0.620. The number of hydrogen-bond acceptors (Lipinski definition) is 2. The first-order valence-corrected chi connectivity index (χ1v) is 2.70. The van der Waals surface area contributed by atoms with Crippen molar-refractivity contribution >= 4 is 19.9 Å². The fraction of sp³-hybridized carbons (Fsp3) is 0.500. The Bertz CT molecular complexity index is 152. The monoisotopic (exact) mass is 126 g/mol. The first-order chi connectivity index (χ1) is 4.13. The van der Waals surface area contributed by atoms with Crippen molar-refractivity contribution in [1.29, 1.82) is 0 Å². The number of carbonyl (C=O) groups is 2. The lowest BCUT2D eigenvalue weighted by atomic mass is 10.2. The molecule has 1 rings (SSSR count). The van der Waals surface area contributed by atoms with Crippen molar-refractivity contribution in [2.45, 2.75) is 13.0 Å². The van der Waals surface area contributed by atoms with Gasteiger partial charge in [0.25, 0.3) is 0 Å². The van der Waals surface area contributed by atoms with Crippen LogP contribution in [0, 0.1) is 0 Å². The molecule has 9 heavy (non-hydrogen) atoms. The molecule has 0 aliphatic carbocycles. The van der Waals surface area contributed by atoms with Crippen molar-refractivity contribution in [2.24, 2.45) is 0 Å². The number of nitrogens with one attached hydrogen (secondary N) is 1. The summed E-state index contributed by atoms with van der Waals surface area (Å²) in [6.07, 6.45) is 0. The van der Waals surface area contributed by atoms with Crippen LogP contribution in [0.4, 0.5) is 4.79 Å². The Balaban J connectivity index is 2.77. The van der Waals surface area contributed by atoms with Crippen molar-refractivity contribution in [3.63, 3.8) is 0 Å². The van der Waals surface area contributed by atoms with Gasteiger partial charge in [0.05, 0.1) is 6.04 Å². The zero-order chi connectivity index (χ0) is 7.02. The van der Waals surface area contributed by atoms with Gasteiger partial charge in [-0.3, -0.25) is 10.1 Å². The average molecular weight is 126 g/mol. The molecule has 0 aromatic rings. The smallest absolute Gasteiger partial charge is 0.311 e. The summed E-state index contributed by atoms with van der Waals surface area (Å²) in [5.41, 5.74) is 0. The third kappa shape index (κ3) is 0.779. The van der Waals surface area contributed by atoms with Crippen LogP contribution >= 0.6 is 0 Å². The van der Waals surface area contributed by atoms with Gasteiger partial charge in [-0.2, -0.15) is 0 Å². The minimum absolute atomic E-state index is 0.220. The van der Waals surface area contributed by atoms with E-state index in [1.807, 2.05) is 0 Å². The van der Waals surface area contributed by atoms with Crippen LogP contribution in [0.5, 0.6) is 0 Å². The molecule has 0 aromatic heterocycles. The normalized spacial score (nSPS) is 26.8. The maximum Gasteiger partial charge on any atom is 0.311 e. The van der Waals surface area contributed by atoms with Crippen LogP contribution < -0.4 is 5.32 Å². The Labute approximate surface area is 53.6 Å². The second-order valence-corrected chi connectivity index (χ2v) is 2.08. The van der Waals surface area contributed by atoms with Gasteiger partial charge in [0.15, 0.2) is 0 Å². The van der Waals surface area contributed by atoms with Gasteiger partial charge in [-0.15, -0.1) is 0 Å². The Morgan fingerprint density at radius 2 is 2.22 bits per heavy atom. The SMILES string of the molecule is BN1C(=O)NC(=O)C1C. The molecule has 5 heteroatoms. The molecule has 1 heterocycles. The summed E-state index contributed by atoms with van der Waals surface area (Å²) in [5, 5.41) is 2.16. The van der Waals surface area contributed by atoms with E-state index in [9.17, 15) is 9.59 Å². The third-order valence-electron chi connectivity index (χ3n) is 1.51. The van der Waals surface area contributed by atoms with Crippen LogP contribution in [0.1, 0.15) is 6.92 Å². The van der Waals surface area contributed by atoms with Crippen LogP contribution in [0.15, 0.2) is 0 Å². The topological polar surface area (TPSA) is 49.4 Å². The highest BCUT2D eigenvalue weighted by molar-refractivity contribution is 6.21. The standard InChI is InChI=1S/C4H7BN2O2/c1-2-3(8)6-4(9)7(2)5/h2H,5H2,1H3,(H,6,8,9). The van der Waals surface area contributed by atoms with Crippen LogP contribution in [-0.2, 0) is 4.79 Å². The summed E-state index contributed by atoms with van der Waals surface area (Å²) in [7, 11) is 1.59. The highest BCUT2D eigenvalue weighted by Gasteiger charge is 2.30. The summed E-state index contributed by atoms with van der Waals surface area (Å²) in [4.78, 5) is 22.6. The van der Waals surface area contributed by atoms with E-state index in [1.54, 1.807) is 14.9 Å². The largest absolute Gasteiger partial charge is 0.365 e. The molecule has 0 saturated carbocycles. The number of rotatable bonds is 0. The molecule has 0 bridgehead atoms. The maximum atomic E-state index is 10.6. The second kappa shape index (κ2) is 1.75. The predicted octanol–water partition coefficient (Wildman–Crippen LogP) is -1.53. The van der Waals surface area contributed by atoms with Gasteiger partial charge in [-0.1, -0.05) is 0 Å². The second-order valence-electron chi connectivity index (χ2n) is 2.08. The summed E-state index contributed by atoms with van der Waals surface area (Å²) < 4.78 is 0. The van der Waals surface area contributed by atoms with Gasteiger partial charge < -0.3 is 4.81 Å². The van der Waals surface area contributed by atoms with Crippen molar-refractivity contribution in [3.05, 3.63) is 0 Å². The number of nitrogens with zero attached hydrogens (tertiary/aromatic N) is 1. The van der Waals surface area contributed by atoms with Crippen molar-refractivity contribution in [2.75, 3.05) is 0 Å². The minimum atomic E-state index is -0.312. The van der Waals surface area contributed by atoms with E-state index in [-0.39, 0.29) is 18.0 Å². The summed E-state index contributed by atoms with van der Waals surface area (Å²) in [6.45, 7) is 1.68. The van der Waals surface area contributed by atoms with E-state index < -0.39 is 0 Å². The van der Waals surface area contributed by atoms with Gasteiger partial charge in [0.1, 0.15) is 0 Å². The molecule has 1 unspecified atom stereocenters. The van der Waals surface area contributed by atoms with Crippen LogP contribution in [0.3, 0.4) is 0 Å². The minimum Gasteiger partial charge on any atom is -0.365 e. The van der Waals surface area contributed by atoms with E-state index in [4.69, 9.17) is 0 Å². The van der Waals surface area contributed by atoms with Gasteiger partial charge in [-0.25, -0.2) is 4.79 Å². The van der Waals surface area contributed by atoms with Gasteiger partial charge in [0, 0.05) is 0 Å². The first-order valence-electron chi connectivity index (χ1n) is 2.70. The lowest BCUT2D eigenvalue weighted by Gasteiger charge is -2.09. The molecule has 1 aliphatic heterocycles. The third-order valence-corrected chi connectivity index (χ3v) is 1.51. The van der Waals surface area contributed by atoms with Crippen LogP contribution in [-0.4, -0.2) is 30.8 Å². The summed E-state index contributed by atoms with van der Waals surface area (Å²) in [5.74, 6) is -0.220. The lowest BCUT2D eigenvalue weighted by molar-refractivity contribution is -0.120. The van der Waals surface area contributed by atoms with E-state index in [0.717, 1.165) is 0 Å². The number of imide groups is 1. The molecular weight excluding hydrogens is 119 g/mol. The first kappa shape index (κ1) is 6.13. The van der Waals surface area contributed by atoms with E-state index in [1.165, 1.54) is 4.81 Å². The molecule has 48 valence electrons. The van der Waals surface area contributed by atoms with Crippen molar-refractivity contribution in [3.8, 4) is 0 Å². The Kier molecular flexibility index (Phi) is 1.19. The number of amides is 3. The number of hydrogen-bond donors (Lipinski definition) is 1. The Morgan fingerprint density at radius 3 is 2.33 bits per heavy atom. The highest BCUT2D eigenvalue weighted by atomic mass is 16.2. The molecule has 0 aromatic carbocycles. The van der Waals surface area contributed by atoms with Gasteiger partial charge in [0.2, 0.25) is 13.9 Å². The molecular formula is C4H7BN2O2.